The van der Waals surface area contributed by atoms with Gasteiger partial charge in [0, 0.05) is 24.9 Å². The van der Waals surface area contributed by atoms with Crippen LogP contribution in [0.25, 0.3) is 0 Å². The van der Waals surface area contributed by atoms with Crippen molar-refractivity contribution in [1.82, 2.24) is 10.2 Å². The lowest BCUT2D eigenvalue weighted by Crippen LogP contribution is -2.37. The number of amides is 2. The van der Waals surface area contributed by atoms with Gasteiger partial charge in [0.05, 0.1) is 17.9 Å². The Labute approximate surface area is 133 Å². The number of aliphatic carboxylic acids is 1. The lowest BCUT2D eigenvalue weighted by atomic mass is 9.90. The predicted molar refractivity (Wildman–Crippen MR) is 82.4 cm³/mol. The quantitative estimate of drug-likeness (QED) is 0.862. The summed E-state index contributed by atoms with van der Waals surface area (Å²) in [5.41, 5.74) is -0.873. The first kappa shape index (κ1) is 16.5. The zero-order valence-electron chi connectivity index (χ0n) is 12.7. The molecule has 1 saturated heterocycles. The van der Waals surface area contributed by atoms with Crippen molar-refractivity contribution in [2.45, 2.75) is 32.7 Å². The van der Waals surface area contributed by atoms with Crippen LogP contribution in [0.5, 0.6) is 0 Å². The van der Waals surface area contributed by atoms with Crippen LogP contribution in [-0.4, -0.2) is 40.9 Å². The average Bonchev–Trinajstić information content (AvgIpc) is 3.07. The Hall–Kier alpha value is -1.89. The van der Waals surface area contributed by atoms with Crippen molar-refractivity contribution in [3.05, 3.63) is 22.4 Å². The van der Waals surface area contributed by atoms with E-state index in [0.29, 0.717) is 13.0 Å². The van der Waals surface area contributed by atoms with Crippen LogP contribution in [0, 0.1) is 5.41 Å². The van der Waals surface area contributed by atoms with Crippen LogP contribution in [-0.2, 0) is 14.4 Å². The zero-order valence-corrected chi connectivity index (χ0v) is 13.5. The molecule has 0 aliphatic carbocycles. The summed E-state index contributed by atoms with van der Waals surface area (Å²) in [4.78, 5) is 37.5. The molecule has 22 heavy (non-hydrogen) atoms. The van der Waals surface area contributed by atoms with Crippen LogP contribution in [0.4, 0.5) is 0 Å². The summed E-state index contributed by atoms with van der Waals surface area (Å²) in [6, 6.07) is 3.39. The summed E-state index contributed by atoms with van der Waals surface area (Å²) in [6.07, 6.45) is 0.605. The Bertz CT molecular complexity index is 572. The molecule has 0 spiro atoms. The molecule has 1 aliphatic heterocycles. The van der Waals surface area contributed by atoms with Gasteiger partial charge in [0.25, 0.3) is 0 Å². The van der Waals surface area contributed by atoms with Gasteiger partial charge in [0.1, 0.15) is 0 Å². The molecule has 7 heteroatoms. The summed E-state index contributed by atoms with van der Waals surface area (Å²) in [5.74, 6) is -1.19. The van der Waals surface area contributed by atoms with Crippen LogP contribution < -0.4 is 5.32 Å². The molecule has 2 atom stereocenters. The third kappa shape index (κ3) is 3.65. The molecule has 1 aromatic rings. The minimum absolute atomic E-state index is 0.128. The van der Waals surface area contributed by atoms with Crippen LogP contribution in [0.2, 0.25) is 0 Å². The molecule has 0 radical (unpaired) electrons. The summed E-state index contributed by atoms with van der Waals surface area (Å²) >= 11 is 1.48. The van der Waals surface area contributed by atoms with Gasteiger partial charge in [-0.15, -0.1) is 11.3 Å². The number of carbonyl (C=O) groups is 3. The highest BCUT2D eigenvalue weighted by Crippen LogP contribution is 2.31. The Morgan fingerprint density at radius 2 is 2.23 bits per heavy atom. The maximum atomic E-state index is 12.4. The number of nitrogens with zero attached hydrogens (tertiary/aromatic N) is 1. The van der Waals surface area contributed by atoms with Crippen LogP contribution in [0.15, 0.2) is 17.5 Å². The third-order valence-corrected chi connectivity index (χ3v) is 4.97. The molecule has 2 amide bonds. The molecule has 1 aliphatic rings. The average molecular weight is 324 g/mol. The second-order valence-corrected chi connectivity index (χ2v) is 6.88. The number of nitrogens with one attached hydrogen (secondary N) is 1. The smallest absolute Gasteiger partial charge is 0.311 e. The van der Waals surface area contributed by atoms with Crippen LogP contribution >= 0.6 is 11.3 Å². The molecule has 0 saturated carbocycles. The highest BCUT2D eigenvalue weighted by molar-refractivity contribution is 7.10. The fraction of sp³-hybridized carbons (Fsp3) is 0.533. The van der Waals surface area contributed by atoms with E-state index in [-0.39, 0.29) is 30.8 Å². The summed E-state index contributed by atoms with van der Waals surface area (Å²) in [7, 11) is 0. The number of carbonyl (C=O) groups excluding carboxylic acids is 2. The minimum atomic E-state index is -0.875. The van der Waals surface area contributed by atoms with E-state index in [1.165, 1.54) is 18.3 Å². The molecule has 2 heterocycles. The topological polar surface area (TPSA) is 86.7 Å². The van der Waals surface area contributed by atoms with Crippen molar-refractivity contribution in [2.75, 3.05) is 13.1 Å². The van der Waals surface area contributed by atoms with Gasteiger partial charge in [0.15, 0.2) is 0 Å². The van der Waals surface area contributed by atoms with Crippen molar-refractivity contribution in [2.24, 2.45) is 5.41 Å². The maximum Gasteiger partial charge on any atom is 0.311 e. The summed E-state index contributed by atoms with van der Waals surface area (Å²) in [6.45, 7) is 3.74. The molecular weight excluding hydrogens is 304 g/mol. The first-order chi connectivity index (χ1) is 10.3. The Morgan fingerprint density at radius 1 is 1.50 bits per heavy atom. The molecule has 2 unspecified atom stereocenters. The van der Waals surface area contributed by atoms with Gasteiger partial charge in [0.2, 0.25) is 11.8 Å². The number of rotatable bonds is 5. The molecule has 120 valence electrons. The minimum Gasteiger partial charge on any atom is -0.481 e. The van der Waals surface area contributed by atoms with E-state index < -0.39 is 11.4 Å². The number of thiophene rings is 1. The lowest BCUT2D eigenvalue weighted by Gasteiger charge is -2.23. The fourth-order valence-electron chi connectivity index (χ4n) is 2.61. The first-order valence-electron chi connectivity index (χ1n) is 7.13. The van der Waals surface area contributed by atoms with Gasteiger partial charge in [-0.1, -0.05) is 6.07 Å². The second-order valence-electron chi connectivity index (χ2n) is 5.90. The summed E-state index contributed by atoms with van der Waals surface area (Å²) < 4.78 is 0. The van der Waals surface area contributed by atoms with E-state index in [9.17, 15) is 19.5 Å². The Balaban J connectivity index is 2.03. The van der Waals surface area contributed by atoms with E-state index in [4.69, 9.17) is 0 Å². The van der Waals surface area contributed by atoms with E-state index >= 15 is 0 Å². The first-order valence-corrected chi connectivity index (χ1v) is 8.01. The molecule has 1 aromatic heterocycles. The van der Waals surface area contributed by atoms with Gasteiger partial charge in [-0.3, -0.25) is 14.4 Å². The van der Waals surface area contributed by atoms with E-state index in [0.717, 1.165) is 4.88 Å². The van der Waals surface area contributed by atoms with Crippen molar-refractivity contribution in [1.29, 1.82) is 0 Å². The lowest BCUT2D eigenvalue weighted by molar-refractivity contribution is -0.147. The largest absolute Gasteiger partial charge is 0.481 e. The standard InChI is InChI=1S/C15H20N2O4S/c1-10(18)16-11(12-4-3-7-22-12)8-13(19)17-6-5-15(2,9-17)14(20)21/h3-4,7,11H,5-6,8-9H2,1-2H3,(H,16,18)(H,20,21). The van der Waals surface area contributed by atoms with Gasteiger partial charge in [-0.05, 0) is 24.8 Å². The normalized spacial score (nSPS) is 22.4. The third-order valence-electron chi connectivity index (χ3n) is 3.99. The number of hydrogen-bond acceptors (Lipinski definition) is 4. The molecular formula is C15H20N2O4S. The van der Waals surface area contributed by atoms with Crippen molar-refractivity contribution in [3.63, 3.8) is 0 Å². The van der Waals surface area contributed by atoms with Gasteiger partial charge in [-0.25, -0.2) is 0 Å². The fourth-order valence-corrected chi connectivity index (χ4v) is 3.39. The number of likely N-dealkylation sites (tertiary alicyclic amines) is 1. The highest BCUT2D eigenvalue weighted by Gasteiger charge is 2.42. The van der Waals surface area contributed by atoms with Gasteiger partial charge >= 0.3 is 5.97 Å². The highest BCUT2D eigenvalue weighted by atomic mass is 32.1. The maximum absolute atomic E-state index is 12.4. The molecule has 6 nitrogen and oxygen atoms in total. The molecule has 2 N–H and O–H groups in total. The summed E-state index contributed by atoms with van der Waals surface area (Å²) in [5, 5.41) is 13.9. The SMILES string of the molecule is CC(=O)NC(CC(=O)N1CCC(C)(C(=O)O)C1)c1cccs1. The number of hydrogen-bond donors (Lipinski definition) is 2. The zero-order chi connectivity index (χ0) is 16.3. The van der Waals surface area contributed by atoms with Gasteiger partial charge < -0.3 is 15.3 Å². The Morgan fingerprint density at radius 3 is 2.73 bits per heavy atom. The predicted octanol–water partition coefficient (Wildman–Crippen LogP) is 1.64. The number of carboxylic acid groups (broad SMARTS) is 1. The molecule has 1 fully saturated rings. The van der Waals surface area contributed by atoms with E-state index in [1.807, 2.05) is 17.5 Å². The monoisotopic (exact) mass is 324 g/mol. The van der Waals surface area contributed by atoms with Gasteiger partial charge in [-0.2, -0.15) is 0 Å². The molecule has 2 rings (SSSR count). The van der Waals surface area contributed by atoms with Crippen molar-refractivity contribution >= 4 is 29.1 Å². The molecule has 0 bridgehead atoms. The van der Waals surface area contributed by atoms with Crippen LogP contribution in [0.1, 0.15) is 37.6 Å². The second kappa shape index (κ2) is 6.48. The molecule has 0 aromatic carbocycles. The van der Waals surface area contributed by atoms with Crippen LogP contribution in [0.3, 0.4) is 0 Å². The van der Waals surface area contributed by atoms with E-state index in [1.54, 1.807) is 11.8 Å². The van der Waals surface area contributed by atoms with Crippen molar-refractivity contribution < 1.29 is 19.5 Å². The Kier molecular flexibility index (Phi) is 4.85. The van der Waals surface area contributed by atoms with E-state index in [2.05, 4.69) is 5.32 Å². The number of carboxylic acids is 1. The van der Waals surface area contributed by atoms with Crippen molar-refractivity contribution in [3.8, 4) is 0 Å².